The van der Waals surface area contributed by atoms with Crippen LogP contribution in [0.25, 0.3) is 0 Å². The molecule has 96 valence electrons. The molecule has 0 radical (unpaired) electrons. The standard InChI is InChI=1S/C6H12O9S.Na/c7-1-3(8)5(10)6(11)4(9)2-15-16(12,13)14;/h3,5-8,10-11H,1-2H2,(H,12,13,14);/q;+1/p-1/t3-,5+,6+;/m1./s1. The van der Waals surface area contributed by atoms with E-state index in [-0.39, 0.29) is 29.6 Å². The first-order chi connectivity index (χ1) is 7.19. The molecule has 0 aromatic rings. The van der Waals surface area contributed by atoms with Crippen LogP contribution in [-0.2, 0) is 19.4 Å². The largest absolute Gasteiger partial charge is 1.00 e. The maximum absolute atomic E-state index is 10.9. The Morgan fingerprint density at radius 2 is 1.76 bits per heavy atom. The minimum atomic E-state index is -5.08. The van der Waals surface area contributed by atoms with Crippen molar-refractivity contribution in [1.29, 1.82) is 0 Å². The minimum absolute atomic E-state index is 0. The Labute approximate surface area is 119 Å². The van der Waals surface area contributed by atoms with Crippen LogP contribution in [0.1, 0.15) is 0 Å². The average Bonchev–Trinajstić information content (AvgIpc) is 2.21. The first-order valence-corrected chi connectivity index (χ1v) is 5.30. The molecule has 0 saturated heterocycles. The van der Waals surface area contributed by atoms with Crippen molar-refractivity contribution >= 4 is 16.2 Å². The summed E-state index contributed by atoms with van der Waals surface area (Å²) in [5, 5.41) is 35.3. The van der Waals surface area contributed by atoms with E-state index in [1.54, 1.807) is 0 Å². The summed E-state index contributed by atoms with van der Waals surface area (Å²) in [6, 6.07) is 0. The van der Waals surface area contributed by atoms with Crippen LogP contribution < -0.4 is 29.6 Å². The number of carbonyl (C=O) groups excluding carboxylic acids is 1. The fourth-order valence-corrected chi connectivity index (χ4v) is 0.985. The van der Waals surface area contributed by atoms with Crippen LogP contribution in [0.4, 0.5) is 0 Å². The molecule has 0 aromatic carbocycles. The van der Waals surface area contributed by atoms with E-state index in [1.807, 2.05) is 0 Å². The molecule has 0 saturated carbocycles. The summed E-state index contributed by atoms with van der Waals surface area (Å²) < 4.78 is 33.4. The molecule has 0 aliphatic rings. The van der Waals surface area contributed by atoms with E-state index in [0.717, 1.165) is 0 Å². The van der Waals surface area contributed by atoms with Gasteiger partial charge in [-0.1, -0.05) is 0 Å². The van der Waals surface area contributed by atoms with Gasteiger partial charge in [0.05, 0.1) is 6.61 Å². The number of rotatable bonds is 7. The molecule has 0 aliphatic heterocycles. The van der Waals surface area contributed by atoms with Crippen LogP contribution in [-0.4, -0.2) is 70.7 Å². The number of aliphatic hydroxyl groups is 4. The van der Waals surface area contributed by atoms with E-state index in [2.05, 4.69) is 4.18 Å². The van der Waals surface area contributed by atoms with E-state index in [9.17, 15) is 17.8 Å². The van der Waals surface area contributed by atoms with E-state index in [0.29, 0.717) is 0 Å². The molecule has 0 aromatic heterocycles. The maximum atomic E-state index is 10.9. The van der Waals surface area contributed by atoms with E-state index < -0.39 is 47.7 Å². The molecule has 3 atom stereocenters. The van der Waals surface area contributed by atoms with Crippen molar-refractivity contribution < 1.29 is 71.9 Å². The number of hydrogen-bond acceptors (Lipinski definition) is 9. The monoisotopic (exact) mass is 282 g/mol. The number of ketones is 1. The smallest absolute Gasteiger partial charge is 0.726 e. The van der Waals surface area contributed by atoms with Gasteiger partial charge in [0.2, 0.25) is 10.4 Å². The third kappa shape index (κ3) is 8.15. The van der Waals surface area contributed by atoms with Gasteiger partial charge in [-0.2, -0.15) is 0 Å². The van der Waals surface area contributed by atoms with Crippen LogP contribution >= 0.6 is 0 Å². The Balaban J connectivity index is 0. The summed E-state index contributed by atoms with van der Waals surface area (Å²) in [5.41, 5.74) is 0. The van der Waals surface area contributed by atoms with Gasteiger partial charge in [-0.25, -0.2) is 8.42 Å². The minimum Gasteiger partial charge on any atom is -0.726 e. The molecule has 17 heavy (non-hydrogen) atoms. The van der Waals surface area contributed by atoms with Gasteiger partial charge in [0.15, 0.2) is 5.78 Å². The second-order valence-corrected chi connectivity index (χ2v) is 3.87. The van der Waals surface area contributed by atoms with Crippen molar-refractivity contribution in [3.63, 3.8) is 0 Å². The Bertz CT molecular complexity index is 328. The molecule has 0 rings (SSSR count). The number of hydrogen-bond donors (Lipinski definition) is 4. The van der Waals surface area contributed by atoms with Crippen LogP contribution in [0.3, 0.4) is 0 Å². The van der Waals surface area contributed by atoms with E-state index in [1.165, 1.54) is 0 Å². The van der Waals surface area contributed by atoms with Gasteiger partial charge in [-0.3, -0.25) is 8.98 Å². The van der Waals surface area contributed by atoms with Crippen LogP contribution in [0.15, 0.2) is 0 Å². The van der Waals surface area contributed by atoms with Gasteiger partial charge >= 0.3 is 29.6 Å². The Hall–Kier alpha value is 0.380. The summed E-state index contributed by atoms with van der Waals surface area (Å²) >= 11 is 0. The molecule has 9 nitrogen and oxygen atoms in total. The molecule has 0 aliphatic carbocycles. The fourth-order valence-electron chi connectivity index (χ4n) is 0.725. The summed E-state index contributed by atoms with van der Waals surface area (Å²) in [7, 11) is -5.08. The van der Waals surface area contributed by atoms with Crippen molar-refractivity contribution in [2.24, 2.45) is 0 Å². The third-order valence-corrected chi connectivity index (χ3v) is 1.99. The maximum Gasteiger partial charge on any atom is 1.00 e. The number of carbonyl (C=O) groups is 1. The number of Topliss-reactive ketones (excluding diaryl/α,β-unsaturated/α-hetero) is 1. The average molecular weight is 282 g/mol. The van der Waals surface area contributed by atoms with Crippen molar-refractivity contribution in [2.75, 3.05) is 13.2 Å². The zero-order chi connectivity index (χ0) is 12.9. The third-order valence-electron chi connectivity index (χ3n) is 1.58. The summed E-state index contributed by atoms with van der Waals surface area (Å²) in [6.07, 6.45) is -5.94. The van der Waals surface area contributed by atoms with Gasteiger partial charge in [0.25, 0.3) is 0 Å². The van der Waals surface area contributed by atoms with E-state index in [4.69, 9.17) is 20.4 Å². The van der Waals surface area contributed by atoms with Gasteiger partial charge in [-0.15, -0.1) is 0 Å². The normalized spacial score (nSPS) is 16.8. The van der Waals surface area contributed by atoms with Gasteiger partial charge < -0.3 is 25.0 Å². The SMILES string of the molecule is O=C(COS(=O)(=O)[O-])[C@H](O)[C@@H](O)[C@H](O)CO.[Na+]. The van der Waals surface area contributed by atoms with Crippen molar-refractivity contribution in [1.82, 2.24) is 0 Å². The zero-order valence-corrected chi connectivity index (χ0v) is 11.7. The molecule has 11 heteroatoms. The number of aliphatic hydroxyl groups excluding tert-OH is 4. The molecule has 0 unspecified atom stereocenters. The Morgan fingerprint density at radius 3 is 2.12 bits per heavy atom. The molecule has 0 heterocycles. The Kier molecular flexibility index (Phi) is 9.83. The first-order valence-electron chi connectivity index (χ1n) is 3.97. The van der Waals surface area contributed by atoms with Gasteiger partial charge in [0.1, 0.15) is 24.9 Å². The predicted molar refractivity (Wildman–Crippen MR) is 45.8 cm³/mol. The van der Waals surface area contributed by atoms with Crippen molar-refractivity contribution in [3.05, 3.63) is 0 Å². The van der Waals surface area contributed by atoms with Crippen molar-refractivity contribution in [2.45, 2.75) is 18.3 Å². The van der Waals surface area contributed by atoms with E-state index >= 15 is 0 Å². The second kappa shape index (κ2) is 8.48. The van der Waals surface area contributed by atoms with Crippen molar-refractivity contribution in [3.8, 4) is 0 Å². The Morgan fingerprint density at radius 1 is 1.29 bits per heavy atom. The predicted octanol–water partition coefficient (Wildman–Crippen LogP) is -6.89. The molecule has 0 spiro atoms. The summed E-state index contributed by atoms with van der Waals surface area (Å²) in [5.74, 6) is -1.32. The topological polar surface area (TPSA) is 164 Å². The van der Waals surface area contributed by atoms with Crippen LogP contribution in [0.2, 0.25) is 0 Å². The van der Waals surface area contributed by atoms with Gasteiger partial charge in [0, 0.05) is 0 Å². The summed E-state index contributed by atoms with van der Waals surface area (Å²) in [6.45, 7) is -2.17. The summed E-state index contributed by atoms with van der Waals surface area (Å²) in [4.78, 5) is 10.9. The molecular formula is C6H11NaO9S. The fraction of sp³-hybridized carbons (Fsp3) is 0.833. The quantitative estimate of drug-likeness (QED) is 0.202. The second-order valence-electron chi connectivity index (χ2n) is 2.82. The molecule has 0 amide bonds. The first kappa shape index (κ1) is 19.7. The van der Waals surface area contributed by atoms with Gasteiger partial charge in [-0.05, 0) is 0 Å². The van der Waals surface area contributed by atoms with Crippen LogP contribution in [0.5, 0.6) is 0 Å². The molecule has 0 fully saturated rings. The molecular weight excluding hydrogens is 271 g/mol. The zero-order valence-electron chi connectivity index (χ0n) is 8.88. The van der Waals surface area contributed by atoms with Crippen LogP contribution in [0, 0.1) is 0 Å². The molecule has 0 bridgehead atoms. The molecule has 4 N–H and O–H groups in total.